The number of nitrogens with one attached hydrogen (secondary N) is 1. The van der Waals surface area contributed by atoms with E-state index < -0.39 is 0 Å². The monoisotopic (exact) mass is 358 g/mol. The number of rotatable bonds is 2. The minimum atomic E-state index is -0.383. The molecule has 25 heavy (non-hydrogen) atoms. The van der Waals surface area contributed by atoms with E-state index in [2.05, 4.69) is 15.0 Å². The first kappa shape index (κ1) is 16.4. The van der Waals surface area contributed by atoms with Gasteiger partial charge < -0.3 is 9.88 Å². The van der Waals surface area contributed by atoms with Crippen LogP contribution >= 0.6 is 11.3 Å². The van der Waals surface area contributed by atoms with E-state index >= 15 is 0 Å². The van der Waals surface area contributed by atoms with Crippen LogP contribution in [-0.2, 0) is 0 Å². The Labute approximate surface area is 150 Å². The van der Waals surface area contributed by atoms with E-state index in [1.807, 2.05) is 17.2 Å². The lowest BCUT2D eigenvalue weighted by Crippen LogP contribution is -2.46. The van der Waals surface area contributed by atoms with Gasteiger partial charge in [0, 0.05) is 24.7 Å². The third-order valence-electron chi connectivity index (χ3n) is 5.47. The van der Waals surface area contributed by atoms with Gasteiger partial charge in [-0.05, 0) is 31.6 Å². The summed E-state index contributed by atoms with van der Waals surface area (Å²) < 4.78 is 0. The Morgan fingerprint density at radius 2 is 2.08 bits per heavy atom. The predicted octanol–water partition coefficient (Wildman–Crippen LogP) is 2.85. The van der Waals surface area contributed by atoms with Gasteiger partial charge in [-0.2, -0.15) is 0 Å². The number of amides is 1. The molecule has 7 heteroatoms. The molecule has 2 aliphatic rings. The van der Waals surface area contributed by atoms with Crippen LogP contribution in [0.15, 0.2) is 16.4 Å². The summed E-state index contributed by atoms with van der Waals surface area (Å²) in [5.74, 6) is 1.57. The molecule has 0 bridgehead atoms. The molecule has 1 aliphatic heterocycles. The Morgan fingerprint density at radius 1 is 1.28 bits per heavy atom. The number of carbonyl (C=O) groups is 1. The minimum Gasteiger partial charge on any atom is -0.338 e. The average molecular weight is 358 g/mol. The fourth-order valence-electron chi connectivity index (χ4n) is 4.11. The summed E-state index contributed by atoms with van der Waals surface area (Å²) in [7, 11) is 0. The number of piperidine rings is 1. The van der Waals surface area contributed by atoms with Gasteiger partial charge in [0.25, 0.3) is 11.5 Å². The number of hydrogen-bond acceptors (Lipinski definition) is 5. The summed E-state index contributed by atoms with van der Waals surface area (Å²) in [5, 5.41) is 2.76. The lowest BCUT2D eigenvalue weighted by atomic mass is 9.75. The molecule has 132 valence electrons. The van der Waals surface area contributed by atoms with Gasteiger partial charge in [-0.25, -0.2) is 9.97 Å². The van der Waals surface area contributed by atoms with E-state index in [0.717, 1.165) is 30.4 Å². The smallest absolute Gasteiger partial charge is 0.264 e. The van der Waals surface area contributed by atoms with Crippen molar-refractivity contribution >= 4 is 17.2 Å². The van der Waals surface area contributed by atoms with Crippen molar-refractivity contribution in [3.05, 3.63) is 32.5 Å². The second-order valence-corrected chi connectivity index (χ2v) is 8.13. The number of aromatic nitrogens is 3. The largest absolute Gasteiger partial charge is 0.338 e. The van der Waals surface area contributed by atoms with Crippen LogP contribution in [0.2, 0.25) is 0 Å². The maximum atomic E-state index is 12.8. The third kappa shape index (κ3) is 3.25. The fourth-order valence-corrected chi connectivity index (χ4v) is 4.70. The molecule has 2 atom stereocenters. The second kappa shape index (κ2) is 6.71. The lowest BCUT2D eigenvalue weighted by molar-refractivity contribution is 0.0519. The summed E-state index contributed by atoms with van der Waals surface area (Å²) >= 11 is 1.50. The van der Waals surface area contributed by atoms with E-state index in [1.54, 1.807) is 0 Å². The van der Waals surface area contributed by atoms with Crippen molar-refractivity contribution < 1.29 is 4.79 Å². The Hall–Kier alpha value is -2.02. The van der Waals surface area contributed by atoms with Gasteiger partial charge in [0.05, 0.1) is 5.01 Å². The van der Waals surface area contributed by atoms with Crippen molar-refractivity contribution in [1.82, 2.24) is 19.9 Å². The number of aromatic amines is 1. The Morgan fingerprint density at radius 3 is 2.80 bits per heavy atom. The Bertz CT molecular complexity index is 844. The highest BCUT2D eigenvalue weighted by Crippen LogP contribution is 2.36. The quantitative estimate of drug-likeness (QED) is 0.895. The number of H-pyrrole nitrogens is 1. The summed E-state index contributed by atoms with van der Waals surface area (Å²) in [6, 6.07) is 0. The molecular weight excluding hydrogens is 336 g/mol. The molecule has 0 radical (unpaired) electrons. The molecule has 6 nitrogen and oxygen atoms in total. The fraction of sp³-hybridized carbons (Fsp3) is 0.556. The van der Waals surface area contributed by atoms with Crippen molar-refractivity contribution in [1.29, 1.82) is 0 Å². The van der Waals surface area contributed by atoms with Gasteiger partial charge in [-0.15, -0.1) is 11.3 Å². The Kier molecular flexibility index (Phi) is 4.41. The van der Waals surface area contributed by atoms with Crippen molar-refractivity contribution in [2.24, 2.45) is 11.8 Å². The van der Waals surface area contributed by atoms with Crippen LogP contribution in [0.1, 0.15) is 47.5 Å². The molecule has 3 heterocycles. The average Bonchev–Trinajstić information content (AvgIpc) is 3.07. The molecule has 2 fully saturated rings. The number of likely N-dealkylation sites (tertiary alicyclic amines) is 1. The second-order valence-electron chi connectivity index (χ2n) is 7.07. The number of fused-ring (bicyclic) bond motifs is 1. The van der Waals surface area contributed by atoms with Crippen LogP contribution in [0.5, 0.6) is 0 Å². The Balaban J connectivity index is 1.53. The molecule has 1 aliphatic carbocycles. The maximum Gasteiger partial charge on any atom is 0.264 e. The lowest BCUT2D eigenvalue weighted by Gasteiger charge is -2.41. The molecule has 4 rings (SSSR count). The molecule has 1 N–H and O–H groups in total. The van der Waals surface area contributed by atoms with Crippen LogP contribution in [0, 0.1) is 18.8 Å². The zero-order valence-corrected chi connectivity index (χ0v) is 15.1. The summed E-state index contributed by atoms with van der Waals surface area (Å²) in [5.41, 5.74) is 0.387. The third-order valence-corrected chi connectivity index (χ3v) is 6.24. The van der Waals surface area contributed by atoms with Gasteiger partial charge >= 0.3 is 0 Å². The first-order valence-electron chi connectivity index (χ1n) is 8.93. The molecule has 0 unspecified atom stereocenters. The summed E-state index contributed by atoms with van der Waals surface area (Å²) in [6.45, 7) is 3.42. The molecule has 1 saturated heterocycles. The minimum absolute atomic E-state index is 0.130. The molecule has 1 saturated carbocycles. The van der Waals surface area contributed by atoms with Gasteiger partial charge in [0.15, 0.2) is 5.82 Å². The predicted molar refractivity (Wildman–Crippen MR) is 96.7 cm³/mol. The molecule has 0 aromatic carbocycles. The first-order valence-corrected chi connectivity index (χ1v) is 9.81. The summed E-state index contributed by atoms with van der Waals surface area (Å²) in [6.07, 6.45) is 7.52. The van der Waals surface area contributed by atoms with E-state index in [4.69, 9.17) is 0 Å². The zero-order valence-electron chi connectivity index (χ0n) is 14.3. The van der Waals surface area contributed by atoms with Crippen LogP contribution in [0.3, 0.4) is 0 Å². The van der Waals surface area contributed by atoms with E-state index in [0.29, 0.717) is 17.4 Å². The number of carbonyl (C=O) groups excluding carboxylic acids is 1. The van der Waals surface area contributed by atoms with Crippen LogP contribution in [0.25, 0.3) is 11.5 Å². The topological polar surface area (TPSA) is 79.0 Å². The van der Waals surface area contributed by atoms with Crippen molar-refractivity contribution in [2.45, 2.75) is 39.0 Å². The normalized spacial score (nSPS) is 23.3. The summed E-state index contributed by atoms with van der Waals surface area (Å²) in [4.78, 5) is 38.4. The van der Waals surface area contributed by atoms with Gasteiger partial charge in [0.1, 0.15) is 11.3 Å². The molecular formula is C18H22N4O2S. The van der Waals surface area contributed by atoms with Gasteiger partial charge in [-0.1, -0.05) is 19.3 Å². The maximum absolute atomic E-state index is 12.8. The number of hydrogen-bond donors (Lipinski definition) is 1. The molecule has 1 amide bonds. The van der Waals surface area contributed by atoms with Crippen LogP contribution < -0.4 is 5.56 Å². The first-order chi connectivity index (χ1) is 12.1. The molecule has 0 spiro atoms. The van der Waals surface area contributed by atoms with Crippen LogP contribution in [0.4, 0.5) is 0 Å². The van der Waals surface area contributed by atoms with Crippen LogP contribution in [-0.4, -0.2) is 38.8 Å². The van der Waals surface area contributed by atoms with Crippen molar-refractivity contribution in [3.63, 3.8) is 0 Å². The van der Waals surface area contributed by atoms with Gasteiger partial charge in [-0.3, -0.25) is 9.59 Å². The van der Waals surface area contributed by atoms with E-state index in [9.17, 15) is 9.59 Å². The van der Waals surface area contributed by atoms with Crippen molar-refractivity contribution in [2.75, 3.05) is 13.1 Å². The highest BCUT2D eigenvalue weighted by atomic mass is 32.1. The van der Waals surface area contributed by atoms with E-state index in [1.165, 1.54) is 43.2 Å². The zero-order chi connectivity index (χ0) is 17.4. The number of nitrogens with zero attached hydrogens (tertiary/aromatic N) is 3. The van der Waals surface area contributed by atoms with E-state index in [-0.39, 0.29) is 17.0 Å². The molecule has 2 aromatic heterocycles. The molecule has 2 aromatic rings. The standard InChI is InChI=1S/C18H22N4O2S/c1-11-20-15(10-25-11)16-19-8-14(17(23)21-16)18(24)22-7-6-12-4-2-3-5-13(12)9-22/h8,10,12-13H,2-7,9H2,1H3,(H,19,21,23)/t12-,13-/m0/s1. The van der Waals surface area contributed by atoms with Crippen molar-refractivity contribution in [3.8, 4) is 11.5 Å². The SMILES string of the molecule is Cc1nc(-c2ncc(C(=O)N3CC[C@@H]4CCCC[C@H]4C3)c(=O)[nH]2)cs1. The number of thiazole rings is 1. The van der Waals surface area contributed by atoms with Gasteiger partial charge in [0.2, 0.25) is 0 Å². The highest BCUT2D eigenvalue weighted by molar-refractivity contribution is 7.09. The number of aryl methyl sites for hydroxylation is 1. The highest BCUT2D eigenvalue weighted by Gasteiger charge is 2.33.